The van der Waals surface area contributed by atoms with Crippen molar-refractivity contribution in [3.63, 3.8) is 0 Å². The van der Waals surface area contributed by atoms with E-state index in [0.29, 0.717) is 22.8 Å². The van der Waals surface area contributed by atoms with Crippen LogP contribution in [0.25, 0.3) is 10.9 Å². The second kappa shape index (κ2) is 10.5. The lowest BCUT2D eigenvalue weighted by molar-refractivity contribution is 0.111. The number of hydrogen-bond donors (Lipinski definition) is 2. The number of anilines is 4. The Morgan fingerprint density at radius 3 is 2.46 bits per heavy atom. The highest BCUT2D eigenvalue weighted by Crippen LogP contribution is 2.27. The number of fused-ring (bicyclic) bond motifs is 1. The summed E-state index contributed by atoms with van der Waals surface area (Å²) in [6.45, 7) is 0. The molecule has 1 saturated carbocycles. The first-order valence-corrected chi connectivity index (χ1v) is 12.3. The monoisotopic (exact) mass is 488 g/mol. The Kier molecular flexibility index (Phi) is 6.97. The van der Waals surface area contributed by atoms with Crippen molar-refractivity contribution in [2.45, 2.75) is 37.8 Å². The van der Waals surface area contributed by atoms with E-state index in [0.717, 1.165) is 40.9 Å². The number of halogens is 1. The molecule has 0 saturated heterocycles. The predicted octanol–water partition coefficient (Wildman–Crippen LogP) is 6.42. The highest BCUT2D eigenvalue weighted by atomic mass is 35.5. The maximum atomic E-state index is 6.21. The zero-order valence-electron chi connectivity index (χ0n) is 19.9. The van der Waals surface area contributed by atoms with E-state index >= 15 is 0 Å². The van der Waals surface area contributed by atoms with Crippen molar-refractivity contribution in [1.29, 1.82) is 0 Å². The standard InChI is InChI=1S/C27H29ClN6O/c1-34(2)22-6-10-24(11-7-22)35-23-8-4-20(5-9-23)32-27-29-14-13-26(33-27)31-21-16-18-15-19(28)3-12-25(18)30-17-21/h3-5,8-9,12-17,22,24H,6-7,10-11H2,1-2H3,(H2,29,31,32,33). The fourth-order valence-corrected chi connectivity index (χ4v) is 4.61. The maximum absolute atomic E-state index is 6.21. The van der Waals surface area contributed by atoms with Gasteiger partial charge in [-0.15, -0.1) is 0 Å². The van der Waals surface area contributed by atoms with Gasteiger partial charge in [0.25, 0.3) is 0 Å². The zero-order valence-corrected chi connectivity index (χ0v) is 20.7. The van der Waals surface area contributed by atoms with E-state index in [1.807, 2.05) is 54.6 Å². The third-order valence-corrected chi connectivity index (χ3v) is 6.59. The van der Waals surface area contributed by atoms with Crippen LogP contribution < -0.4 is 15.4 Å². The van der Waals surface area contributed by atoms with Gasteiger partial charge in [0.05, 0.1) is 23.5 Å². The van der Waals surface area contributed by atoms with Gasteiger partial charge in [0.15, 0.2) is 0 Å². The second-order valence-corrected chi connectivity index (χ2v) is 9.55. The van der Waals surface area contributed by atoms with Crippen molar-refractivity contribution in [1.82, 2.24) is 19.9 Å². The third-order valence-electron chi connectivity index (χ3n) is 6.36. The van der Waals surface area contributed by atoms with Crippen LogP contribution in [0.2, 0.25) is 5.02 Å². The molecule has 0 unspecified atom stereocenters. The summed E-state index contributed by atoms with van der Waals surface area (Å²) >= 11 is 6.12. The Hall–Kier alpha value is -3.42. The van der Waals surface area contributed by atoms with Crippen LogP contribution in [-0.4, -0.2) is 46.1 Å². The minimum absolute atomic E-state index is 0.289. The molecule has 2 aromatic heterocycles. The van der Waals surface area contributed by atoms with Crippen LogP contribution in [0.3, 0.4) is 0 Å². The molecule has 2 heterocycles. The number of nitrogens with zero attached hydrogens (tertiary/aromatic N) is 4. The first-order valence-electron chi connectivity index (χ1n) is 11.9. The fraction of sp³-hybridized carbons (Fsp3) is 0.296. The molecule has 7 nitrogen and oxygen atoms in total. The maximum Gasteiger partial charge on any atom is 0.229 e. The molecule has 4 aromatic rings. The first-order chi connectivity index (χ1) is 17.0. The quantitative estimate of drug-likeness (QED) is 0.311. The van der Waals surface area contributed by atoms with Crippen molar-refractivity contribution >= 4 is 45.6 Å². The Morgan fingerprint density at radius 2 is 1.69 bits per heavy atom. The van der Waals surface area contributed by atoms with E-state index < -0.39 is 0 Å². The Balaban J connectivity index is 1.19. The summed E-state index contributed by atoms with van der Waals surface area (Å²) in [7, 11) is 4.31. The van der Waals surface area contributed by atoms with Gasteiger partial charge in [0.2, 0.25) is 5.95 Å². The SMILES string of the molecule is CN(C)C1CCC(Oc2ccc(Nc3nccc(Nc4cnc5ccc(Cl)cc5c4)n3)cc2)CC1. The van der Waals surface area contributed by atoms with Crippen LogP contribution in [0.4, 0.5) is 23.1 Å². The average Bonchev–Trinajstić information content (AvgIpc) is 2.85. The predicted molar refractivity (Wildman–Crippen MR) is 142 cm³/mol. The van der Waals surface area contributed by atoms with Gasteiger partial charge >= 0.3 is 0 Å². The molecular formula is C27H29ClN6O. The van der Waals surface area contributed by atoms with Crippen molar-refractivity contribution in [3.05, 3.63) is 72.0 Å². The summed E-state index contributed by atoms with van der Waals surface area (Å²) < 4.78 is 6.21. The van der Waals surface area contributed by atoms with Gasteiger partial charge in [-0.05, 0) is 94.4 Å². The molecule has 5 rings (SSSR count). The van der Waals surface area contributed by atoms with Gasteiger partial charge in [-0.25, -0.2) is 4.98 Å². The van der Waals surface area contributed by atoms with Gasteiger partial charge in [-0.3, -0.25) is 4.98 Å². The topological polar surface area (TPSA) is 75.2 Å². The lowest BCUT2D eigenvalue weighted by Crippen LogP contribution is -2.35. The van der Waals surface area contributed by atoms with Crippen molar-refractivity contribution in [2.75, 3.05) is 24.7 Å². The molecule has 0 aliphatic heterocycles. The Labute approximate surface area is 210 Å². The fourth-order valence-electron chi connectivity index (χ4n) is 4.43. The molecule has 0 atom stereocenters. The van der Waals surface area contributed by atoms with Crippen LogP contribution >= 0.6 is 11.6 Å². The Morgan fingerprint density at radius 1 is 0.886 bits per heavy atom. The smallest absolute Gasteiger partial charge is 0.229 e. The van der Waals surface area contributed by atoms with Gasteiger partial charge in [0, 0.05) is 28.3 Å². The lowest BCUT2D eigenvalue weighted by atomic mass is 9.92. The van der Waals surface area contributed by atoms with Gasteiger partial charge in [-0.1, -0.05) is 11.6 Å². The van der Waals surface area contributed by atoms with Gasteiger partial charge < -0.3 is 20.3 Å². The minimum atomic E-state index is 0.289. The largest absolute Gasteiger partial charge is 0.490 e. The van der Waals surface area contributed by atoms with E-state index in [4.69, 9.17) is 16.3 Å². The molecule has 1 aliphatic carbocycles. The van der Waals surface area contributed by atoms with Gasteiger partial charge in [0.1, 0.15) is 11.6 Å². The van der Waals surface area contributed by atoms with Gasteiger partial charge in [-0.2, -0.15) is 4.98 Å². The van der Waals surface area contributed by atoms with E-state index in [1.165, 1.54) is 12.8 Å². The number of ether oxygens (including phenoxy) is 1. The molecule has 2 aromatic carbocycles. The first kappa shape index (κ1) is 23.3. The number of aromatic nitrogens is 3. The summed E-state index contributed by atoms with van der Waals surface area (Å²) in [6.07, 6.45) is 8.33. The number of benzene rings is 2. The molecule has 1 fully saturated rings. The van der Waals surface area contributed by atoms with E-state index in [-0.39, 0.29) is 6.10 Å². The molecule has 0 amide bonds. The molecule has 1 aliphatic rings. The van der Waals surface area contributed by atoms with Crippen LogP contribution in [0.5, 0.6) is 5.75 Å². The van der Waals surface area contributed by atoms with Crippen molar-refractivity contribution < 1.29 is 4.74 Å². The summed E-state index contributed by atoms with van der Waals surface area (Å²) in [6, 6.07) is 18.1. The van der Waals surface area contributed by atoms with Crippen LogP contribution in [0.15, 0.2) is 67.0 Å². The molecule has 0 bridgehead atoms. The highest BCUT2D eigenvalue weighted by Gasteiger charge is 2.23. The van der Waals surface area contributed by atoms with E-state index in [2.05, 4.69) is 44.6 Å². The van der Waals surface area contributed by atoms with Crippen LogP contribution in [0, 0.1) is 0 Å². The second-order valence-electron chi connectivity index (χ2n) is 9.11. The number of nitrogens with one attached hydrogen (secondary N) is 2. The van der Waals surface area contributed by atoms with Crippen LogP contribution in [0.1, 0.15) is 25.7 Å². The molecule has 8 heteroatoms. The zero-order chi connectivity index (χ0) is 24.2. The molecule has 0 radical (unpaired) electrons. The average molecular weight is 489 g/mol. The normalized spacial score (nSPS) is 17.9. The summed E-state index contributed by atoms with van der Waals surface area (Å²) in [5.41, 5.74) is 2.61. The molecule has 0 spiro atoms. The molecule has 35 heavy (non-hydrogen) atoms. The molecular weight excluding hydrogens is 460 g/mol. The van der Waals surface area contributed by atoms with Crippen LogP contribution in [-0.2, 0) is 0 Å². The number of hydrogen-bond acceptors (Lipinski definition) is 7. The van der Waals surface area contributed by atoms with E-state index in [9.17, 15) is 0 Å². The summed E-state index contributed by atoms with van der Waals surface area (Å²) in [5, 5.41) is 8.19. The molecule has 180 valence electrons. The lowest BCUT2D eigenvalue weighted by Gasteiger charge is -2.32. The minimum Gasteiger partial charge on any atom is -0.490 e. The van der Waals surface area contributed by atoms with Crippen molar-refractivity contribution in [3.8, 4) is 5.75 Å². The summed E-state index contributed by atoms with van der Waals surface area (Å²) in [5.74, 6) is 2.06. The number of pyridine rings is 1. The summed E-state index contributed by atoms with van der Waals surface area (Å²) in [4.78, 5) is 15.7. The van der Waals surface area contributed by atoms with E-state index in [1.54, 1.807) is 12.4 Å². The Bertz CT molecular complexity index is 1290. The number of rotatable bonds is 7. The molecule has 2 N–H and O–H groups in total. The third kappa shape index (κ3) is 5.99. The van der Waals surface area contributed by atoms with Crippen molar-refractivity contribution in [2.24, 2.45) is 0 Å². The highest BCUT2D eigenvalue weighted by molar-refractivity contribution is 6.31.